The number of hydrogen-bond donors (Lipinski definition) is 2. The van der Waals surface area contributed by atoms with E-state index in [2.05, 4.69) is 32.4 Å². The molecule has 1 fully saturated rings. The van der Waals surface area contributed by atoms with Crippen LogP contribution in [0.4, 0.5) is 0 Å². The number of aliphatic imine (C=N–C) groups is 1. The molecule has 2 N–H and O–H groups in total. The summed E-state index contributed by atoms with van der Waals surface area (Å²) < 4.78 is 0. The Hall–Kier alpha value is -1.14. The van der Waals surface area contributed by atoms with Gasteiger partial charge in [0.05, 0.1) is 6.54 Å². The third kappa shape index (κ3) is 5.63. The predicted molar refractivity (Wildman–Crippen MR) is 90.0 cm³/mol. The van der Waals surface area contributed by atoms with Gasteiger partial charge in [-0.1, -0.05) is 13.3 Å². The van der Waals surface area contributed by atoms with Crippen LogP contribution in [0, 0.1) is 0 Å². The molecule has 1 aliphatic heterocycles. The third-order valence-electron chi connectivity index (χ3n) is 3.75. The van der Waals surface area contributed by atoms with Gasteiger partial charge in [-0.2, -0.15) is 0 Å². The van der Waals surface area contributed by atoms with E-state index in [0.717, 1.165) is 37.0 Å². The lowest BCUT2D eigenvalue weighted by Crippen LogP contribution is -2.42. The molecule has 5 nitrogen and oxygen atoms in total. The highest BCUT2D eigenvalue weighted by molar-refractivity contribution is 7.11. The van der Waals surface area contributed by atoms with E-state index < -0.39 is 0 Å². The molecule has 1 aliphatic rings. The molecule has 21 heavy (non-hydrogen) atoms. The van der Waals surface area contributed by atoms with Gasteiger partial charge in [0.2, 0.25) is 0 Å². The molecule has 2 rings (SSSR count). The number of aryl methyl sites for hydroxylation is 1. The molecule has 1 aromatic rings. The third-order valence-corrected chi connectivity index (χ3v) is 4.89. The maximum atomic E-state index is 4.41. The summed E-state index contributed by atoms with van der Waals surface area (Å²) in [5.74, 6) is 0.861. The van der Waals surface area contributed by atoms with Crippen LogP contribution in [0.1, 0.15) is 36.1 Å². The summed E-state index contributed by atoms with van der Waals surface area (Å²) in [5, 5.41) is 7.83. The standard InChI is InChI=1S/C15H27N5S/c1-3-13-11-18-14(21-13)12-19-15(16-2)17-7-10-20-8-5-4-6-9-20/h11H,3-10,12H2,1-2H3,(H2,16,17,19). The van der Waals surface area contributed by atoms with E-state index >= 15 is 0 Å². The quantitative estimate of drug-likeness (QED) is 0.622. The summed E-state index contributed by atoms with van der Waals surface area (Å²) in [6.45, 7) is 7.43. The van der Waals surface area contributed by atoms with Crippen LogP contribution in [0.5, 0.6) is 0 Å². The first-order valence-corrected chi connectivity index (χ1v) is 8.74. The summed E-state index contributed by atoms with van der Waals surface area (Å²) in [4.78, 5) is 12.5. The fourth-order valence-electron chi connectivity index (χ4n) is 2.49. The van der Waals surface area contributed by atoms with Crippen molar-refractivity contribution in [2.45, 2.75) is 39.2 Å². The zero-order valence-corrected chi connectivity index (χ0v) is 14.0. The molecule has 0 aromatic carbocycles. The number of thiazole rings is 1. The molecule has 0 bridgehead atoms. The van der Waals surface area contributed by atoms with E-state index in [4.69, 9.17) is 0 Å². The van der Waals surface area contributed by atoms with Crippen molar-refractivity contribution in [3.8, 4) is 0 Å². The van der Waals surface area contributed by atoms with E-state index in [-0.39, 0.29) is 0 Å². The monoisotopic (exact) mass is 309 g/mol. The van der Waals surface area contributed by atoms with Gasteiger partial charge in [-0.25, -0.2) is 4.98 Å². The molecule has 1 aromatic heterocycles. The zero-order valence-electron chi connectivity index (χ0n) is 13.2. The van der Waals surface area contributed by atoms with Crippen molar-refractivity contribution in [2.75, 3.05) is 33.2 Å². The first-order chi connectivity index (χ1) is 10.3. The van der Waals surface area contributed by atoms with E-state index in [0.29, 0.717) is 0 Å². The minimum Gasteiger partial charge on any atom is -0.355 e. The number of guanidine groups is 1. The molecule has 0 atom stereocenters. The lowest BCUT2D eigenvalue weighted by molar-refractivity contribution is 0.232. The highest BCUT2D eigenvalue weighted by Crippen LogP contribution is 2.12. The van der Waals surface area contributed by atoms with Gasteiger partial charge in [-0.15, -0.1) is 11.3 Å². The molecule has 1 saturated heterocycles. The molecular formula is C15H27N5S. The Morgan fingerprint density at radius 1 is 1.33 bits per heavy atom. The lowest BCUT2D eigenvalue weighted by Gasteiger charge is -2.26. The molecule has 0 unspecified atom stereocenters. The van der Waals surface area contributed by atoms with Crippen LogP contribution in [-0.2, 0) is 13.0 Å². The summed E-state index contributed by atoms with van der Waals surface area (Å²) in [6, 6.07) is 0. The molecule has 0 spiro atoms. The van der Waals surface area contributed by atoms with Gasteiger partial charge in [-0.3, -0.25) is 4.99 Å². The van der Waals surface area contributed by atoms with Gasteiger partial charge in [0.15, 0.2) is 5.96 Å². The van der Waals surface area contributed by atoms with Crippen molar-refractivity contribution in [3.05, 3.63) is 16.1 Å². The Morgan fingerprint density at radius 2 is 2.14 bits per heavy atom. The second kappa shape index (κ2) is 9.00. The fourth-order valence-corrected chi connectivity index (χ4v) is 3.29. The Labute approximate surface area is 131 Å². The van der Waals surface area contributed by atoms with Gasteiger partial charge in [0.25, 0.3) is 0 Å². The Bertz CT molecular complexity index is 437. The number of nitrogens with zero attached hydrogens (tertiary/aromatic N) is 3. The van der Waals surface area contributed by atoms with Crippen molar-refractivity contribution in [2.24, 2.45) is 4.99 Å². The minimum absolute atomic E-state index is 0.744. The molecule has 0 saturated carbocycles. The smallest absolute Gasteiger partial charge is 0.191 e. The maximum Gasteiger partial charge on any atom is 0.191 e. The summed E-state index contributed by atoms with van der Waals surface area (Å²) in [7, 11) is 1.82. The normalized spacial score (nSPS) is 17.0. The van der Waals surface area contributed by atoms with Crippen LogP contribution in [-0.4, -0.2) is 49.1 Å². The number of hydrogen-bond acceptors (Lipinski definition) is 4. The van der Waals surface area contributed by atoms with Crippen molar-refractivity contribution in [3.63, 3.8) is 0 Å². The highest BCUT2D eigenvalue weighted by atomic mass is 32.1. The van der Waals surface area contributed by atoms with Crippen LogP contribution < -0.4 is 10.6 Å². The molecule has 118 valence electrons. The fraction of sp³-hybridized carbons (Fsp3) is 0.733. The second-order valence-corrected chi connectivity index (χ2v) is 6.53. The van der Waals surface area contributed by atoms with Crippen LogP contribution in [0.25, 0.3) is 0 Å². The second-order valence-electron chi connectivity index (χ2n) is 5.33. The first-order valence-electron chi connectivity index (χ1n) is 7.92. The van der Waals surface area contributed by atoms with Gasteiger partial charge >= 0.3 is 0 Å². The zero-order chi connectivity index (χ0) is 14.9. The number of nitrogens with one attached hydrogen (secondary N) is 2. The molecule has 0 aliphatic carbocycles. The van der Waals surface area contributed by atoms with Gasteiger partial charge in [-0.05, 0) is 32.4 Å². The number of piperidine rings is 1. The van der Waals surface area contributed by atoms with Crippen molar-refractivity contribution < 1.29 is 0 Å². The van der Waals surface area contributed by atoms with Crippen LogP contribution in [0.15, 0.2) is 11.2 Å². The molecular weight excluding hydrogens is 282 g/mol. The number of aromatic nitrogens is 1. The Kier molecular flexibility index (Phi) is 6.95. The molecule has 0 radical (unpaired) electrons. The van der Waals surface area contributed by atoms with Crippen molar-refractivity contribution >= 4 is 17.3 Å². The van der Waals surface area contributed by atoms with Gasteiger partial charge in [0, 0.05) is 31.2 Å². The lowest BCUT2D eigenvalue weighted by atomic mass is 10.1. The Morgan fingerprint density at radius 3 is 2.81 bits per heavy atom. The van der Waals surface area contributed by atoms with E-state index in [1.807, 2.05) is 13.2 Å². The van der Waals surface area contributed by atoms with Crippen LogP contribution in [0.2, 0.25) is 0 Å². The summed E-state index contributed by atoms with van der Waals surface area (Å²) >= 11 is 1.77. The minimum atomic E-state index is 0.744. The van der Waals surface area contributed by atoms with E-state index in [9.17, 15) is 0 Å². The average Bonchev–Trinajstić information content (AvgIpc) is 3.00. The summed E-state index contributed by atoms with van der Waals surface area (Å²) in [6.07, 6.45) is 7.10. The van der Waals surface area contributed by atoms with Crippen molar-refractivity contribution in [1.29, 1.82) is 0 Å². The number of rotatable bonds is 6. The van der Waals surface area contributed by atoms with E-state index in [1.54, 1.807) is 11.3 Å². The van der Waals surface area contributed by atoms with Crippen molar-refractivity contribution in [1.82, 2.24) is 20.5 Å². The van der Waals surface area contributed by atoms with Gasteiger partial charge < -0.3 is 15.5 Å². The topological polar surface area (TPSA) is 52.6 Å². The first kappa shape index (κ1) is 16.2. The van der Waals surface area contributed by atoms with Crippen LogP contribution >= 0.6 is 11.3 Å². The maximum absolute atomic E-state index is 4.41. The summed E-state index contributed by atoms with van der Waals surface area (Å²) in [5.41, 5.74) is 0. The molecule has 6 heteroatoms. The van der Waals surface area contributed by atoms with Crippen LogP contribution in [0.3, 0.4) is 0 Å². The average molecular weight is 309 g/mol. The largest absolute Gasteiger partial charge is 0.355 e. The van der Waals surface area contributed by atoms with E-state index in [1.165, 1.54) is 37.2 Å². The molecule has 2 heterocycles. The van der Waals surface area contributed by atoms with Gasteiger partial charge in [0.1, 0.15) is 5.01 Å². The highest BCUT2D eigenvalue weighted by Gasteiger charge is 2.09. The Balaban J connectivity index is 1.65. The molecule has 0 amide bonds. The predicted octanol–water partition coefficient (Wildman–Crippen LogP) is 1.86. The SMILES string of the molecule is CCc1cnc(CNC(=NC)NCCN2CCCCC2)s1. The number of likely N-dealkylation sites (tertiary alicyclic amines) is 1.